The summed E-state index contributed by atoms with van der Waals surface area (Å²) in [6.07, 6.45) is 3.89. The Bertz CT molecular complexity index is 451. The summed E-state index contributed by atoms with van der Waals surface area (Å²) >= 11 is 3.34. The van der Waals surface area contributed by atoms with Gasteiger partial charge in [0, 0.05) is 10.4 Å². The molecule has 2 aliphatic heterocycles. The Kier molecular flexibility index (Phi) is 3.43. The summed E-state index contributed by atoms with van der Waals surface area (Å²) in [6, 6.07) is 4.61. The standard InChI is InChI=1S/C14H16BrFO2/c15-12-6-9(16)2-1-8(12)5-13(17)11-7-10-3-4-14(11)18-10/h1-2,6,10-11,13-14,17H,3-5,7H2. The molecule has 2 saturated heterocycles. The molecule has 0 aliphatic carbocycles. The van der Waals surface area contributed by atoms with Crippen LogP contribution in [0.5, 0.6) is 0 Å². The van der Waals surface area contributed by atoms with Crippen LogP contribution in [0.2, 0.25) is 0 Å². The number of rotatable bonds is 3. The van der Waals surface area contributed by atoms with E-state index >= 15 is 0 Å². The first-order valence-electron chi connectivity index (χ1n) is 6.41. The largest absolute Gasteiger partial charge is 0.392 e. The number of aliphatic hydroxyl groups is 1. The Morgan fingerprint density at radius 3 is 2.89 bits per heavy atom. The third kappa shape index (κ3) is 2.33. The van der Waals surface area contributed by atoms with Crippen molar-refractivity contribution in [2.75, 3.05) is 0 Å². The van der Waals surface area contributed by atoms with E-state index in [1.165, 1.54) is 12.1 Å². The summed E-state index contributed by atoms with van der Waals surface area (Å²) < 4.78 is 19.5. The van der Waals surface area contributed by atoms with Crippen molar-refractivity contribution in [3.05, 3.63) is 34.1 Å². The Morgan fingerprint density at radius 2 is 2.28 bits per heavy atom. The number of aliphatic hydroxyl groups excluding tert-OH is 1. The van der Waals surface area contributed by atoms with Crippen molar-refractivity contribution in [1.29, 1.82) is 0 Å². The summed E-state index contributed by atoms with van der Waals surface area (Å²) in [7, 11) is 0. The van der Waals surface area contributed by atoms with Gasteiger partial charge in [0.05, 0.1) is 18.3 Å². The predicted octanol–water partition coefficient (Wildman–Crippen LogP) is 3.06. The topological polar surface area (TPSA) is 29.5 Å². The lowest BCUT2D eigenvalue weighted by atomic mass is 9.83. The van der Waals surface area contributed by atoms with E-state index in [1.807, 2.05) is 0 Å². The summed E-state index contributed by atoms with van der Waals surface area (Å²) in [5, 5.41) is 10.3. The number of halogens is 2. The van der Waals surface area contributed by atoms with Gasteiger partial charge in [0.15, 0.2) is 0 Å². The average Bonchev–Trinajstić information content (AvgIpc) is 2.94. The molecule has 2 nitrogen and oxygen atoms in total. The number of hydrogen-bond donors (Lipinski definition) is 1. The van der Waals surface area contributed by atoms with Crippen LogP contribution in [-0.2, 0) is 11.2 Å². The summed E-state index contributed by atoms with van der Waals surface area (Å²) in [5.41, 5.74) is 0.951. The van der Waals surface area contributed by atoms with Crippen molar-refractivity contribution < 1.29 is 14.2 Å². The molecule has 0 saturated carbocycles. The Morgan fingerprint density at radius 1 is 1.44 bits per heavy atom. The van der Waals surface area contributed by atoms with E-state index in [1.54, 1.807) is 6.07 Å². The molecule has 18 heavy (non-hydrogen) atoms. The number of benzene rings is 1. The van der Waals surface area contributed by atoms with Gasteiger partial charge >= 0.3 is 0 Å². The Hall–Kier alpha value is -0.450. The van der Waals surface area contributed by atoms with Gasteiger partial charge in [0.1, 0.15) is 5.82 Å². The third-order valence-electron chi connectivity index (χ3n) is 4.09. The first kappa shape index (κ1) is 12.6. The van der Waals surface area contributed by atoms with Crippen LogP contribution in [0.15, 0.2) is 22.7 Å². The first-order chi connectivity index (χ1) is 8.63. The minimum absolute atomic E-state index is 0.226. The highest BCUT2D eigenvalue weighted by Crippen LogP contribution is 2.41. The fourth-order valence-electron chi connectivity index (χ4n) is 3.15. The Labute approximate surface area is 114 Å². The van der Waals surface area contributed by atoms with Gasteiger partial charge in [-0.05, 0) is 43.4 Å². The molecule has 4 heteroatoms. The summed E-state index contributed by atoms with van der Waals surface area (Å²) in [4.78, 5) is 0. The molecule has 3 rings (SSSR count). The first-order valence-corrected chi connectivity index (χ1v) is 7.20. The van der Waals surface area contributed by atoms with E-state index in [9.17, 15) is 9.50 Å². The van der Waals surface area contributed by atoms with Gasteiger partial charge in [-0.3, -0.25) is 0 Å². The molecule has 4 unspecified atom stereocenters. The lowest BCUT2D eigenvalue weighted by molar-refractivity contribution is 0.0431. The molecule has 0 spiro atoms. The van der Waals surface area contributed by atoms with Gasteiger partial charge < -0.3 is 9.84 Å². The maximum atomic E-state index is 13.0. The van der Waals surface area contributed by atoms with Crippen LogP contribution in [0.4, 0.5) is 4.39 Å². The van der Waals surface area contributed by atoms with E-state index in [2.05, 4.69) is 15.9 Å². The monoisotopic (exact) mass is 314 g/mol. The second kappa shape index (κ2) is 4.91. The highest BCUT2D eigenvalue weighted by Gasteiger charge is 2.43. The van der Waals surface area contributed by atoms with Crippen LogP contribution in [0, 0.1) is 11.7 Å². The normalized spacial score (nSPS) is 31.8. The molecule has 1 N–H and O–H groups in total. The summed E-state index contributed by atoms with van der Waals surface area (Å²) in [6.45, 7) is 0. The molecule has 0 radical (unpaired) electrons. The highest BCUT2D eigenvalue weighted by molar-refractivity contribution is 9.10. The van der Waals surface area contributed by atoms with Crippen LogP contribution in [0.3, 0.4) is 0 Å². The van der Waals surface area contributed by atoms with Crippen molar-refractivity contribution in [3.63, 3.8) is 0 Å². The number of ether oxygens (including phenoxy) is 1. The molecule has 2 bridgehead atoms. The molecule has 0 amide bonds. The van der Waals surface area contributed by atoms with E-state index in [0.29, 0.717) is 12.5 Å². The van der Waals surface area contributed by atoms with Crippen LogP contribution >= 0.6 is 15.9 Å². The van der Waals surface area contributed by atoms with E-state index in [4.69, 9.17) is 4.74 Å². The molecule has 1 aromatic rings. The Balaban J connectivity index is 1.69. The van der Waals surface area contributed by atoms with Crippen molar-refractivity contribution in [3.8, 4) is 0 Å². The minimum Gasteiger partial charge on any atom is -0.392 e. The zero-order valence-electron chi connectivity index (χ0n) is 9.98. The van der Waals surface area contributed by atoms with Crippen LogP contribution < -0.4 is 0 Å². The van der Waals surface area contributed by atoms with Crippen molar-refractivity contribution in [2.24, 2.45) is 5.92 Å². The number of hydrogen-bond acceptors (Lipinski definition) is 2. The van der Waals surface area contributed by atoms with Crippen molar-refractivity contribution in [2.45, 2.75) is 44.0 Å². The SMILES string of the molecule is OC(Cc1ccc(F)cc1Br)C1CC2CCC1O2. The second-order valence-electron chi connectivity index (χ2n) is 5.28. The van der Waals surface area contributed by atoms with Crippen LogP contribution in [-0.4, -0.2) is 23.4 Å². The maximum Gasteiger partial charge on any atom is 0.124 e. The van der Waals surface area contributed by atoms with Crippen LogP contribution in [0.25, 0.3) is 0 Å². The van der Waals surface area contributed by atoms with Crippen molar-refractivity contribution >= 4 is 15.9 Å². The second-order valence-corrected chi connectivity index (χ2v) is 6.13. The molecule has 98 valence electrons. The molecule has 1 aromatic carbocycles. The quantitative estimate of drug-likeness (QED) is 0.929. The van der Waals surface area contributed by atoms with Gasteiger partial charge in [-0.15, -0.1) is 0 Å². The molecule has 2 fully saturated rings. The minimum atomic E-state index is -0.401. The molecular weight excluding hydrogens is 299 g/mol. The molecule has 2 aliphatic rings. The molecule has 4 atom stereocenters. The predicted molar refractivity (Wildman–Crippen MR) is 69.8 cm³/mol. The third-order valence-corrected chi connectivity index (χ3v) is 4.83. The fraction of sp³-hybridized carbons (Fsp3) is 0.571. The van der Waals surface area contributed by atoms with Gasteiger partial charge in [-0.2, -0.15) is 0 Å². The zero-order chi connectivity index (χ0) is 12.7. The molecule has 2 heterocycles. The van der Waals surface area contributed by atoms with Crippen LogP contribution in [0.1, 0.15) is 24.8 Å². The van der Waals surface area contributed by atoms with Gasteiger partial charge in [-0.1, -0.05) is 22.0 Å². The average molecular weight is 315 g/mol. The molecular formula is C14H16BrFO2. The van der Waals surface area contributed by atoms with E-state index < -0.39 is 6.10 Å². The van der Waals surface area contributed by atoms with Gasteiger partial charge in [0.25, 0.3) is 0 Å². The van der Waals surface area contributed by atoms with Crippen molar-refractivity contribution in [1.82, 2.24) is 0 Å². The summed E-state index contributed by atoms with van der Waals surface area (Å²) in [5.74, 6) is -0.0240. The van der Waals surface area contributed by atoms with Gasteiger partial charge in [-0.25, -0.2) is 4.39 Å². The van der Waals surface area contributed by atoms with E-state index in [0.717, 1.165) is 29.3 Å². The van der Waals surface area contributed by atoms with E-state index in [-0.39, 0.29) is 17.8 Å². The highest BCUT2D eigenvalue weighted by atomic mass is 79.9. The fourth-order valence-corrected chi connectivity index (χ4v) is 3.66. The number of fused-ring (bicyclic) bond motifs is 2. The zero-order valence-corrected chi connectivity index (χ0v) is 11.6. The van der Waals surface area contributed by atoms with Gasteiger partial charge in [0.2, 0.25) is 0 Å². The maximum absolute atomic E-state index is 13.0. The lowest BCUT2D eigenvalue weighted by Crippen LogP contribution is -2.31. The smallest absolute Gasteiger partial charge is 0.124 e. The lowest BCUT2D eigenvalue weighted by Gasteiger charge is -2.24. The molecule has 0 aromatic heterocycles.